The Morgan fingerprint density at radius 2 is 1.86 bits per heavy atom. The molecule has 4 heteroatoms. The maximum absolute atomic E-state index is 12.5. The second-order valence-corrected chi connectivity index (χ2v) is 5.58. The molecular formula is C17H15N3O. The highest BCUT2D eigenvalue weighted by Crippen LogP contribution is 2.35. The lowest BCUT2D eigenvalue weighted by Gasteiger charge is -2.24. The Labute approximate surface area is 123 Å². The molecule has 4 rings (SSSR count). The van der Waals surface area contributed by atoms with Gasteiger partial charge < -0.3 is 4.90 Å². The van der Waals surface area contributed by atoms with Crippen molar-refractivity contribution < 1.29 is 4.79 Å². The minimum absolute atomic E-state index is 0.0465. The molecule has 104 valence electrons. The quantitative estimate of drug-likeness (QED) is 0.803. The monoisotopic (exact) mass is 277 g/mol. The first kappa shape index (κ1) is 12.1. The highest BCUT2D eigenvalue weighted by Gasteiger charge is 2.36. The third-order valence-corrected chi connectivity index (χ3v) is 4.03. The van der Waals surface area contributed by atoms with Crippen LogP contribution < -0.4 is 4.90 Å². The molecule has 0 fully saturated rings. The molecule has 0 bridgehead atoms. The van der Waals surface area contributed by atoms with Gasteiger partial charge in [-0.3, -0.25) is 9.69 Å². The molecule has 0 spiro atoms. The van der Waals surface area contributed by atoms with Crippen LogP contribution in [0.15, 0.2) is 47.5 Å². The summed E-state index contributed by atoms with van der Waals surface area (Å²) in [4.78, 5) is 21.0. The first-order chi connectivity index (χ1) is 10.1. The topological polar surface area (TPSA) is 35.9 Å². The fourth-order valence-electron chi connectivity index (χ4n) is 2.89. The molecule has 2 heterocycles. The van der Waals surface area contributed by atoms with Gasteiger partial charge in [-0.2, -0.15) is 0 Å². The van der Waals surface area contributed by atoms with E-state index in [9.17, 15) is 4.79 Å². The van der Waals surface area contributed by atoms with E-state index in [0.717, 1.165) is 33.9 Å². The number of aliphatic imine (C=N–C) groups is 1. The molecule has 21 heavy (non-hydrogen) atoms. The molecule has 0 aromatic heterocycles. The summed E-state index contributed by atoms with van der Waals surface area (Å²) in [5.74, 6) is 0.825. The molecule has 0 atom stereocenters. The Kier molecular flexibility index (Phi) is 2.42. The third-order valence-electron chi connectivity index (χ3n) is 4.03. The SMILES string of the molecule is CN(C)c1ccc2c(c1)CN1C(=O)c3ccccc3C1=N2. The number of amidine groups is 1. The number of benzene rings is 2. The average molecular weight is 277 g/mol. The van der Waals surface area contributed by atoms with Crippen LogP contribution in [0.5, 0.6) is 0 Å². The van der Waals surface area contributed by atoms with Gasteiger partial charge in [0, 0.05) is 25.3 Å². The van der Waals surface area contributed by atoms with Crippen LogP contribution in [-0.4, -0.2) is 30.7 Å². The van der Waals surface area contributed by atoms with Crippen molar-refractivity contribution in [3.05, 3.63) is 59.2 Å². The van der Waals surface area contributed by atoms with Crippen molar-refractivity contribution in [1.82, 2.24) is 4.90 Å². The lowest BCUT2D eigenvalue weighted by Crippen LogP contribution is -2.32. The zero-order chi connectivity index (χ0) is 14.6. The Balaban J connectivity index is 1.86. The molecule has 0 saturated heterocycles. The minimum atomic E-state index is 0.0465. The Bertz CT molecular complexity index is 792. The van der Waals surface area contributed by atoms with Crippen LogP contribution in [0.1, 0.15) is 21.5 Å². The van der Waals surface area contributed by atoms with E-state index < -0.39 is 0 Å². The number of amides is 1. The maximum atomic E-state index is 12.5. The molecule has 2 aromatic rings. The van der Waals surface area contributed by atoms with Crippen molar-refractivity contribution in [2.75, 3.05) is 19.0 Å². The summed E-state index contributed by atoms with van der Waals surface area (Å²) in [7, 11) is 4.02. The molecule has 0 unspecified atom stereocenters. The van der Waals surface area contributed by atoms with Crippen molar-refractivity contribution in [3.63, 3.8) is 0 Å². The van der Waals surface area contributed by atoms with Crippen LogP contribution in [0.25, 0.3) is 0 Å². The van der Waals surface area contributed by atoms with Crippen molar-refractivity contribution in [1.29, 1.82) is 0 Å². The molecule has 1 amide bonds. The van der Waals surface area contributed by atoms with E-state index >= 15 is 0 Å². The number of anilines is 1. The van der Waals surface area contributed by atoms with E-state index in [-0.39, 0.29) is 5.91 Å². The van der Waals surface area contributed by atoms with Gasteiger partial charge in [0.15, 0.2) is 0 Å². The predicted molar refractivity (Wildman–Crippen MR) is 83.3 cm³/mol. The molecular weight excluding hydrogens is 262 g/mol. The summed E-state index contributed by atoms with van der Waals surface area (Å²) in [6, 6.07) is 13.9. The number of rotatable bonds is 1. The average Bonchev–Trinajstić information content (AvgIpc) is 2.78. The maximum Gasteiger partial charge on any atom is 0.260 e. The van der Waals surface area contributed by atoms with E-state index in [4.69, 9.17) is 4.99 Å². The fourth-order valence-corrected chi connectivity index (χ4v) is 2.89. The summed E-state index contributed by atoms with van der Waals surface area (Å²) in [6.45, 7) is 0.587. The summed E-state index contributed by atoms with van der Waals surface area (Å²) in [5.41, 5.74) is 4.85. The third kappa shape index (κ3) is 1.69. The van der Waals surface area contributed by atoms with E-state index in [2.05, 4.69) is 17.0 Å². The molecule has 0 radical (unpaired) electrons. The molecule has 0 saturated carbocycles. The largest absolute Gasteiger partial charge is 0.378 e. The smallest absolute Gasteiger partial charge is 0.260 e. The lowest BCUT2D eigenvalue weighted by atomic mass is 10.1. The summed E-state index contributed by atoms with van der Waals surface area (Å²) in [6.07, 6.45) is 0. The number of hydrogen-bond donors (Lipinski definition) is 0. The van der Waals surface area contributed by atoms with Gasteiger partial charge in [0.1, 0.15) is 5.84 Å². The van der Waals surface area contributed by atoms with E-state index in [1.165, 1.54) is 0 Å². The molecule has 2 aliphatic heterocycles. The van der Waals surface area contributed by atoms with E-state index in [1.807, 2.05) is 44.4 Å². The van der Waals surface area contributed by atoms with Gasteiger partial charge in [-0.15, -0.1) is 0 Å². The minimum Gasteiger partial charge on any atom is -0.378 e. The van der Waals surface area contributed by atoms with Crippen LogP contribution in [0.3, 0.4) is 0 Å². The van der Waals surface area contributed by atoms with Gasteiger partial charge in [-0.05, 0) is 29.8 Å². The van der Waals surface area contributed by atoms with E-state index in [1.54, 1.807) is 4.90 Å². The number of carbonyl (C=O) groups is 1. The lowest BCUT2D eigenvalue weighted by molar-refractivity contribution is 0.0852. The van der Waals surface area contributed by atoms with Crippen molar-refractivity contribution in [2.45, 2.75) is 6.54 Å². The summed E-state index contributed by atoms with van der Waals surface area (Å²) < 4.78 is 0. The fraction of sp³-hybridized carbons (Fsp3) is 0.176. The molecule has 0 N–H and O–H groups in total. The van der Waals surface area contributed by atoms with Gasteiger partial charge in [-0.1, -0.05) is 18.2 Å². The summed E-state index contributed by atoms with van der Waals surface area (Å²) >= 11 is 0. The Morgan fingerprint density at radius 1 is 1.10 bits per heavy atom. The second kappa shape index (κ2) is 4.19. The van der Waals surface area contributed by atoms with Gasteiger partial charge >= 0.3 is 0 Å². The molecule has 2 aromatic carbocycles. The van der Waals surface area contributed by atoms with Crippen molar-refractivity contribution in [2.24, 2.45) is 4.99 Å². The van der Waals surface area contributed by atoms with Gasteiger partial charge in [0.05, 0.1) is 17.8 Å². The Morgan fingerprint density at radius 3 is 2.62 bits per heavy atom. The van der Waals surface area contributed by atoms with Crippen molar-refractivity contribution >= 4 is 23.1 Å². The predicted octanol–water partition coefficient (Wildman–Crippen LogP) is 2.80. The first-order valence-electron chi connectivity index (χ1n) is 6.95. The van der Waals surface area contributed by atoms with Gasteiger partial charge in [0.25, 0.3) is 5.91 Å². The first-order valence-corrected chi connectivity index (χ1v) is 6.95. The van der Waals surface area contributed by atoms with Crippen LogP contribution in [0.2, 0.25) is 0 Å². The van der Waals surface area contributed by atoms with Crippen LogP contribution in [0.4, 0.5) is 11.4 Å². The van der Waals surface area contributed by atoms with E-state index in [0.29, 0.717) is 6.54 Å². The van der Waals surface area contributed by atoms with Crippen LogP contribution in [0, 0.1) is 0 Å². The highest BCUT2D eigenvalue weighted by atomic mass is 16.2. The highest BCUT2D eigenvalue weighted by molar-refractivity contribution is 6.24. The molecule has 2 aliphatic rings. The zero-order valence-corrected chi connectivity index (χ0v) is 12.0. The number of nitrogens with zero attached hydrogens (tertiary/aromatic N) is 3. The van der Waals surface area contributed by atoms with Crippen molar-refractivity contribution in [3.8, 4) is 0 Å². The standard InChI is InChI=1S/C17H15N3O/c1-19(2)12-7-8-15-11(9-12)10-20-16(18-15)13-5-3-4-6-14(13)17(20)21/h3-9H,10H2,1-2H3. The number of carbonyl (C=O) groups excluding carboxylic acids is 1. The summed E-state index contributed by atoms with van der Waals surface area (Å²) in [5, 5.41) is 0. The molecule has 0 aliphatic carbocycles. The Hall–Kier alpha value is -2.62. The number of fused-ring (bicyclic) bond motifs is 4. The van der Waals surface area contributed by atoms with Crippen LogP contribution >= 0.6 is 0 Å². The van der Waals surface area contributed by atoms with Crippen LogP contribution in [-0.2, 0) is 6.54 Å². The molecule has 4 nitrogen and oxygen atoms in total. The van der Waals surface area contributed by atoms with Gasteiger partial charge in [-0.25, -0.2) is 4.99 Å². The normalized spacial score (nSPS) is 15.2. The van der Waals surface area contributed by atoms with Gasteiger partial charge in [0.2, 0.25) is 0 Å². The zero-order valence-electron chi connectivity index (χ0n) is 12.0. The number of hydrogen-bond acceptors (Lipinski definition) is 3. The second-order valence-electron chi connectivity index (χ2n) is 5.58.